The summed E-state index contributed by atoms with van der Waals surface area (Å²) in [6, 6.07) is 27.3. The lowest BCUT2D eigenvalue weighted by Crippen LogP contribution is -2.47. The number of hydrogen-bond donors (Lipinski definition) is 3. The average molecular weight is 792 g/mol. The number of carbonyl (C=O) groups is 3. The minimum atomic E-state index is -0.871. The molecular formula is C47H49N7O5. The maximum Gasteiger partial charge on any atom is 0.407 e. The van der Waals surface area contributed by atoms with Crippen LogP contribution in [0.25, 0.3) is 44.5 Å². The number of benzene rings is 4. The van der Waals surface area contributed by atoms with Crippen LogP contribution in [0.5, 0.6) is 5.75 Å². The van der Waals surface area contributed by atoms with Gasteiger partial charge in [0, 0.05) is 30.1 Å². The number of aromatic amines is 2. The first-order chi connectivity index (χ1) is 28.8. The Bertz CT molecular complexity index is 2530. The van der Waals surface area contributed by atoms with E-state index in [1.165, 1.54) is 7.11 Å². The van der Waals surface area contributed by atoms with Gasteiger partial charge in [0.2, 0.25) is 5.91 Å². The van der Waals surface area contributed by atoms with Crippen LogP contribution >= 0.6 is 0 Å². The molecule has 302 valence electrons. The lowest BCUT2D eigenvalue weighted by atomic mass is 9.92. The molecule has 3 aliphatic rings. The van der Waals surface area contributed by atoms with E-state index in [1.54, 1.807) is 0 Å². The Morgan fingerprint density at radius 3 is 2.54 bits per heavy atom. The van der Waals surface area contributed by atoms with Crippen LogP contribution in [0.1, 0.15) is 87.2 Å². The molecule has 12 nitrogen and oxygen atoms in total. The number of likely N-dealkylation sites (tertiary alicyclic amines) is 1. The van der Waals surface area contributed by atoms with Crippen LogP contribution in [0, 0.1) is 5.92 Å². The van der Waals surface area contributed by atoms with Crippen molar-refractivity contribution in [2.24, 2.45) is 5.92 Å². The lowest BCUT2D eigenvalue weighted by molar-refractivity contribution is -0.138. The smallest absolute Gasteiger partial charge is 0.407 e. The van der Waals surface area contributed by atoms with Gasteiger partial charge in [-0.25, -0.2) is 14.8 Å². The summed E-state index contributed by atoms with van der Waals surface area (Å²) in [5.74, 6) is 2.63. The van der Waals surface area contributed by atoms with Crippen LogP contribution < -0.4 is 10.1 Å². The Hall–Kier alpha value is -6.43. The predicted octanol–water partition coefficient (Wildman–Crippen LogP) is 8.87. The van der Waals surface area contributed by atoms with Gasteiger partial charge in [-0.05, 0) is 96.2 Å². The number of carbonyl (C=O) groups excluding carboxylic acids is 3. The number of fused-ring (bicyclic) bond motifs is 6. The van der Waals surface area contributed by atoms with Gasteiger partial charge in [-0.3, -0.25) is 9.59 Å². The van der Waals surface area contributed by atoms with Gasteiger partial charge in [0.25, 0.3) is 5.91 Å². The SMILES string of the molecule is CCCC(=O)N(CCC)Cc1ncc(-c2ccc3c(c2)OCc2cc(-c4ccc5nc([C@@H]6[C@H]7CC[C@H](C7)N6C(=O)[C@H](NC(=O)OC)c6ccccc6)[nH]c5c4)ccc2-3)[nH]1. The Labute approximate surface area is 343 Å². The van der Waals surface area contributed by atoms with Gasteiger partial charge >= 0.3 is 6.09 Å². The molecule has 0 unspecified atom stereocenters. The second-order valence-electron chi connectivity index (χ2n) is 15.9. The normalized spacial score (nSPS) is 18.2. The van der Waals surface area contributed by atoms with Gasteiger partial charge in [-0.1, -0.05) is 68.4 Å². The first-order valence-electron chi connectivity index (χ1n) is 20.8. The molecule has 3 N–H and O–H groups in total. The van der Waals surface area contributed by atoms with E-state index in [-0.39, 0.29) is 29.8 Å². The molecule has 2 aliphatic heterocycles. The maximum absolute atomic E-state index is 14.4. The number of rotatable bonds is 12. The van der Waals surface area contributed by atoms with Crippen LogP contribution in [-0.2, 0) is 27.5 Å². The summed E-state index contributed by atoms with van der Waals surface area (Å²) >= 11 is 0. The molecule has 0 radical (unpaired) electrons. The Morgan fingerprint density at radius 1 is 0.932 bits per heavy atom. The highest BCUT2D eigenvalue weighted by molar-refractivity contribution is 5.89. The molecule has 3 amide bonds. The van der Waals surface area contributed by atoms with Gasteiger partial charge < -0.3 is 34.6 Å². The first kappa shape index (κ1) is 38.1. The minimum Gasteiger partial charge on any atom is -0.488 e. The number of ether oxygens (including phenoxy) is 2. The van der Waals surface area contributed by atoms with E-state index in [9.17, 15) is 14.4 Å². The molecule has 1 aliphatic carbocycles. The van der Waals surface area contributed by atoms with Crippen LogP contribution in [0.2, 0.25) is 0 Å². The van der Waals surface area contributed by atoms with Crippen molar-refractivity contribution in [1.29, 1.82) is 0 Å². The van der Waals surface area contributed by atoms with Crippen LogP contribution in [0.4, 0.5) is 4.79 Å². The molecule has 9 rings (SSSR count). The van der Waals surface area contributed by atoms with Gasteiger partial charge in [0.05, 0.1) is 42.6 Å². The van der Waals surface area contributed by atoms with Crippen molar-refractivity contribution in [1.82, 2.24) is 35.1 Å². The molecule has 4 heterocycles. The fourth-order valence-electron chi connectivity index (χ4n) is 9.31. The number of H-pyrrole nitrogens is 2. The van der Waals surface area contributed by atoms with Crippen LogP contribution in [0.3, 0.4) is 0 Å². The van der Waals surface area contributed by atoms with E-state index in [0.29, 0.717) is 31.7 Å². The fourth-order valence-corrected chi connectivity index (χ4v) is 9.31. The predicted molar refractivity (Wildman–Crippen MR) is 225 cm³/mol. The van der Waals surface area contributed by atoms with Gasteiger partial charge in [-0.2, -0.15) is 0 Å². The average Bonchev–Trinajstić information content (AvgIpc) is 4.09. The third-order valence-electron chi connectivity index (χ3n) is 12.1. The number of hydrogen-bond acceptors (Lipinski definition) is 7. The van der Waals surface area contributed by atoms with Crippen LogP contribution in [-0.4, -0.2) is 67.3 Å². The molecule has 12 heteroatoms. The Kier molecular flexibility index (Phi) is 10.4. The molecule has 2 bridgehead atoms. The van der Waals surface area contributed by atoms with Crippen molar-refractivity contribution in [3.8, 4) is 39.3 Å². The maximum atomic E-state index is 14.4. The summed E-state index contributed by atoms with van der Waals surface area (Å²) in [6.45, 7) is 5.72. The van der Waals surface area contributed by atoms with Gasteiger partial charge in [0.1, 0.15) is 30.0 Å². The number of imidazole rings is 2. The van der Waals surface area contributed by atoms with Gasteiger partial charge in [-0.15, -0.1) is 0 Å². The van der Waals surface area contributed by atoms with E-state index in [0.717, 1.165) is 99.6 Å². The standard InChI is InChI=1S/C47H49N7O5/c1-4-9-42(55)53(20-5-2)26-41-48-25-39(49-41)31-14-18-36-35-17-13-29(21-33(35)27-59-40(36)24-31)30-15-19-37-38(23-30)51-45(50-37)44-32-12-16-34(22-32)54(44)46(56)43(52-47(57)58-3)28-10-7-6-8-11-28/h6-8,10-11,13-15,17-19,21,23-25,32,34,43-44H,4-5,9,12,16,20,22,26-27H2,1-3H3,(H,48,49)(H,50,51)(H,52,57)/t32-,34+,43+,44-/m0/s1. The fraction of sp³-hybridized carbons (Fsp3) is 0.340. The van der Waals surface area contributed by atoms with E-state index < -0.39 is 12.1 Å². The zero-order chi connectivity index (χ0) is 40.6. The number of nitrogens with zero attached hydrogens (tertiary/aromatic N) is 4. The Balaban J connectivity index is 0.941. The molecule has 1 saturated heterocycles. The highest BCUT2D eigenvalue weighted by atomic mass is 16.5. The number of aromatic nitrogens is 4. The highest BCUT2D eigenvalue weighted by Gasteiger charge is 2.51. The number of methoxy groups -OCH3 is 1. The Morgan fingerprint density at radius 2 is 1.73 bits per heavy atom. The van der Waals surface area contributed by atoms with Crippen LogP contribution in [0.15, 0.2) is 91.1 Å². The zero-order valence-electron chi connectivity index (χ0n) is 33.7. The molecule has 59 heavy (non-hydrogen) atoms. The van der Waals surface area contributed by atoms with Crippen molar-refractivity contribution in [3.63, 3.8) is 0 Å². The summed E-state index contributed by atoms with van der Waals surface area (Å²) in [5, 5.41) is 2.79. The van der Waals surface area contributed by atoms with E-state index in [1.807, 2.05) is 59.3 Å². The van der Waals surface area contributed by atoms with E-state index >= 15 is 0 Å². The van der Waals surface area contributed by atoms with Crippen molar-refractivity contribution in [3.05, 3.63) is 114 Å². The second kappa shape index (κ2) is 16.1. The highest BCUT2D eigenvalue weighted by Crippen LogP contribution is 2.51. The molecule has 4 atom stereocenters. The first-order valence-corrected chi connectivity index (χ1v) is 20.8. The molecule has 4 aromatic carbocycles. The molecule has 2 fully saturated rings. The lowest BCUT2D eigenvalue weighted by Gasteiger charge is -2.36. The van der Waals surface area contributed by atoms with E-state index in [4.69, 9.17) is 14.5 Å². The molecule has 1 saturated carbocycles. The summed E-state index contributed by atoms with van der Waals surface area (Å²) in [7, 11) is 1.30. The summed E-state index contributed by atoms with van der Waals surface area (Å²) in [5.41, 5.74) is 9.71. The number of nitrogens with one attached hydrogen (secondary N) is 3. The quantitative estimate of drug-likeness (QED) is 0.112. The van der Waals surface area contributed by atoms with Crippen molar-refractivity contribution < 1.29 is 23.9 Å². The number of piperidine rings is 1. The third kappa shape index (κ3) is 7.32. The number of alkyl carbamates (subject to hydrolysis) is 1. The van der Waals surface area contributed by atoms with Crippen molar-refractivity contribution in [2.45, 2.75) is 83.6 Å². The largest absolute Gasteiger partial charge is 0.488 e. The summed E-state index contributed by atoms with van der Waals surface area (Å²) < 4.78 is 11.3. The summed E-state index contributed by atoms with van der Waals surface area (Å²) in [4.78, 5) is 60.0. The topological polar surface area (TPSA) is 146 Å². The summed E-state index contributed by atoms with van der Waals surface area (Å²) in [6.07, 6.45) is 6.30. The van der Waals surface area contributed by atoms with Crippen molar-refractivity contribution >= 4 is 28.9 Å². The van der Waals surface area contributed by atoms with Gasteiger partial charge in [0.15, 0.2) is 0 Å². The second-order valence-corrected chi connectivity index (χ2v) is 15.9. The monoisotopic (exact) mass is 791 g/mol. The molecule has 2 aromatic heterocycles. The van der Waals surface area contributed by atoms with E-state index in [2.05, 4.69) is 75.7 Å². The molecule has 0 spiro atoms. The molecular weight excluding hydrogens is 743 g/mol. The number of amides is 3. The zero-order valence-corrected chi connectivity index (χ0v) is 33.7. The van der Waals surface area contributed by atoms with Crippen molar-refractivity contribution in [2.75, 3.05) is 13.7 Å². The third-order valence-corrected chi connectivity index (χ3v) is 12.1. The molecule has 6 aromatic rings. The minimum absolute atomic E-state index is 0.0784.